The van der Waals surface area contributed by atoms with Crippen molar-refractivity contribution in [3.8, 4) is 11.4 Å². The Kier molecular flexibility index (Phi) is 6.23. The highest BCUT2D eigenvalue weighted by molar-refractivity contribution is 5.89. The van der Waals surface area contributed by atoms with Gasteiger partial charge < -0.3 is 15.4 Å². The molecule has 2 aromatic heterocycles. The minimum atomic E-state index is -0.272. The number of nitrogens with one attached hydrogen (secondary N) is 2. The van der Waals surface area contributed by atoms with Gasteiger partial charge >= 0.3 is 6.03 Å². The molecule has 4 rings (SSSR count). The van der Waals surface area contributed by atoms with E-state index in [2.05, 4.69) is 20.7 Å². The summed E-state index contributed by atoms with van der Waals surface area (Å²) >= 11 is 0. The second kappa shape index (κ2) is 9.58. The van der Waals surface area contributed by atoms with Crippen LogP contribution in [-0.2, 0) is 13.2 Å². The van der Waals surface area contributed by atoms with Crippen LogP contribution in [0.15, 0.2) is 85.3 Å². The second-order valence-electron chi connectivity index (χ2n) is 7.04. The Hall–Kier alpha value is -4.13. The predicted molar refractivity (Wildman–Crippen MR) is 119 cm³/mol. The van der Waals surface area contributed by atoms with Crippen molar-refractivity contribution >= 4 is 11.7 Å². The van der Waals surface area contributed by atoms with Gasteiger partial charge in [0, 0.05) is 42.1 Å². The average Bonchev–Trinajstić information content (AvgIpc) is 3.24. The molecular formula is C24H23N5O2. The first-order chi connectivity index (χ1) is 15.2. The number of amides is 2. The lowest BCUT2D eigenvalue weighted by Gasteiger charge is -2.11. The lowest BCUT2D eigenvalue weighted by Crippen LogP contribution is -2.28. The molecule has 0 spiro atoms. The number of aromatic nitrogens is 3. The molecule has 0 bridgehead atoms. The minimum Gasteiger partial charge on any atom is -0.489 e. The summed E-state index contributed by atoms with van der Waals surface area (Å²) < 4.78 is 7.58. The molecule has 0 radical (unpaired) electrons. The van der Waals surface area contributed by atoms with Crippen molar-refractivity contribution in [2.24, 2.45) is 0 Å². The molecule has 0 saturated carbocycles. The van der Waals surface area contributed by atoms with Gasteiger partial charge in [-0.05, 0) is 55.0 Å². The Labute approximate surface area is 180 Å². The number of benzene rings is 2. The van der Waals surface area contributed by atoms with Gasteiger partial charge in [-0.1, -0.05) is 24.3 Å². The molecular weight excluding hydrogens is 390 g/mol. The number of carbonyl (C=O) groups excluding carboxylic acids is 1. The van der Waals surface area contributed by atoms with E-state index in [0.29, 0.717) is 18.8 Å². The van der Waals surface area contributed by atoms with Gasteiger partial charge in [-0.2, -0.15) is 5.10 Å². The van der Waals surface area contributed by atoms with Crippen molar-refractivity contribution in [2.75, 3.05) is 5.32 Å². The molecule has 2 aromatic carbocycles. The molecule has 2 amide bonds. The largest absolute Gasteiger partial charge is 0.489 e. The van der Waals surface area contributed by atoms with E-state index in [9.17, 15) is 4.79 Å². The second-order valence-corrected chi connectivity index (χ2v) is 7.04. The highest BCUT2D eigenvalue weighted by atomic mass is 16.5. The Morgan fingerprint density at radius 1 is 1.00 bits per heavy atom. The molecule has 0 atom stereocenters. The quantitative estimate of drug-likeness (QED) is 0.468. The molecule has 2 heterocycles. The van der Waals surface area contributed by atoms with Crippen LogP contribution in [0.2, 0.25) is 0 Å². The fourth-order valence-corrected chi connectivity index (χ4v) is 3.07. The molecule has 0 aliphatic rings. The first-order valence-corrected chi connectivity index (χ1v) is 9.94. The fraction of sp³-hybridized carbons (Fsp3) is 0.125. The topological polar surface area (TPSA) is 81.1 Å². The van der Waals surface area contributed by atoms with Crippen LogP contribution in [0.4, 0.5) is 10.5 Å². The maximum atomic E-state index is 12.3. The smallest absolute Gasteiger partial charge is 0.319 e. The Balaban J connectivity index is 1.27. The van der Waals surface area contributed by atoms with E-state index in [-0.39, 0.29) is 6.03 Å². The van der Waals surface area contributed by atoms with Crippen LogP contribution in [0.5, 0.6) is 5.75 Å². The number of aryl methyl sites for hydroxylation is 1. The normalized spacial score (nSPS) is 10.5. The number of pyridine rings is 1. The number of rotatable bonds is 7. The van der Waals surface area contributed by atoms with Gasteiger partial charge in [0.05, 0.1) is 5.69 Å². The third kappa shape index (κ3) is 5.48. The van der Waals surface area contributed by atoms with Gasteiger partial charge in [-0.15, -0.1) is 0 Å². The van der Waals surface area contributed by atoms with Crippen molar-refractivity contribution in [1.29, 1.82) is 0 Å². The lowest BCUT2D eigenvalue weighted by atomic mass is 10.2. The Bertz CT molecular complexity index is 1140. The summed E-state index contributed by atoms with van der Waals surface area (Å²) in [6, 6.07) is 20.7. The molecule has 0 unspecified atom stereocenters. The molecule has 0 aliphatic heterocycles. The van der Waals surface area contributed by atoms with Crippen molar-refractivity contribution in [3.05, 3.63) is 102 Å². The standard InChI is InChI=1S/C24H23N5O2/c1-18-11-13-27-29(18)22-6-2-5-21(14-22)28-24(30)26-16-19-7-9-23(10-8-19)31-17-20-4-3-12-25-15-20/h2-15H,16-17H2,1H3,(H2,26,28,30). The van der Waals surface area contributed by atoms with Crippen LogP contribution in [0, 0.1) is 6.92 Å². The van der Waals surface area contributed by atoms with Gasteiger partial charge in [0.25, 0.3) is 0 Å². The summed E-state index contributed by atoms with van der Waals surface area (Å²) in [7, 11) is 0. The molecule has 0 saturated heterocycles. The zero-order valence-corrected chi connectivity index (χ0v) is 17.2. The third-order valence-corrected chi connectivity index (χ3v) is 4.69. The number of carbonyl (C=O) groups is 1. The number of hydrogen-bond acceptors (Lipinski definition) is 4. The van der Waals surface area contributed by atoms with Gasteiger partial charge in [-0.3, -0.25) is 4.98 Å². The first-order valence-electron chi connectivity index (χ1n) is 9.94. The Morgan fingerprint density at radius 3 is 2.61 bits per heavy atom. The Morgan fingerprint density at radius 2 is 1.87 bits per heavy atom. The van der Waals surface area contributed by atoms with E-state index in [4.69, 9.17) is 4.74 Å². The van der Waals surface area contributed by atoms with Crippen LogP contribution in [0.1, 0.15) is 16.8 Å². The number of hydrogen-bond donors (Lipinski definition) is 2. The molecule has 2 N–H and O–H groups in total. The molecule has 7 nitrogen and oxygen atoms in total. The van der Waals surface area contributed by atoms with E-state index < -0.39 is 0 Å². The van der Waals surface area contributed by atoms with Gasteiger partial charge in [0.15, 0.2) is 0 Å². The SMILES string of the molecule is Cc1ccnn1-c1cccc(NC(=O)NCc2ccc(OCc3cccnc3)cc2)c1. The van der Waals surface area contributed by atoms with Crippen LogP contribution in [0.3, 0.4) is 0 Å². The molecule has 31 heavy (non-hydrogen) atoms. The van der Waals surface area contributed by atoms with E-state index in [1.54, 1.807) is 18.6 Å². The van der Waals surface area contributed by atoms with Crippen molar-refractivity contribution in [3.63, 3.8) is 0 Å². The summed E-state index contributed by atoms with van der Waals surface area (Å²) in [6.07, 6.45) is 5.26. The predicted octanol–water partition coefficient (Wildman–Crippen LogP) is 4.48. The maximum Gasteiger partial charge on any atom is 0.319 e. The molecule has 4 aromatic rings. The van der Waals surface area contributed by atoms with E-state index in [1.807, 2.05) is 78.3 Å². The van der Waals surface area contributed by atoms with E-state index in [1.165, 1.54) is 0 Å². The first kappa shape index (κ1) is 20.2. The van der Waals surface area contributed by atoms with Crippen LogP contribution >= 0.6 is 0 Å². The highest BCUT2D eigenvalue weighted by Crippen LogP contribution is 2.16. The zero-order chi connectivity index (χ0) is 21.5. The lowest BCUT2D eigenvalue weighted by molar-refractivity contribution is 0.251. The van der Waals surface area contributed by atoms with Gasteiger partial charge in [-0.25, -0.2) is 9.48 Å². The summed E-state index contributed by atoms with van der Waals surface area (Å²) in [5.74, 6) is 0.766. The van der Waals surface area contributed by atoms with E-state index in [0.717, 1.165) is 28.3 Å². The van der Waals surface area contributed by atoms with Crippen LogP contribution in [-0.4, -0.2) is 20.8 Å². The molecule has 7 heteroatoms. The zero-order valence-electron chi connectivity index (χ0n) is 17.2. The summed E-state index contributed by atoms with van der Waals surface area (Å²) in [4.78, 5) is 16.4. The summed E-state index contributed by atoms with van der Waals surface area (Å²) in [6.45, 7) is 2.85. The van der Waals surface area contributed by atoms with Gasteiger partial charge in [0.1, 0.15) is 12.4 Å². The molecule has 156 valence electrons. The highest BCUT2D eigenvalue weighted by Gasteiger charge is 2.06. The summed E-state index contributed by atoms with van der Waals surface area (Å²) in [5.41, 5.74) is 4.60. The maximum absolute atomic E-state index is 12.3. The van der Waals surface area contributed by atoms with Gasteiger partial charge in [0.2, 0.25) is 0 Å². The van der Waals surface area contributed by atoms with Crippen molar-refractivity contribution in [1.82, 2.24) is 20.1 Å². The number of nitrogens with zero attached hydrogens (tertiary/aromatic N) is 3. The van der Waals surface area contributed by atoms with Crippen LogP contribution < -0.4 is 15.4 Å². The van der Waals surface area contributed by atoms with Crippen LogP contribution in [0.25, 0.3) is 5.69 Å². The number of urea groups is 1. The molecule has 0 aliphatic carbocycles. The monoisotopic (exact) mass is 413 g/mol. The number of anilines is 1. The molecule has 0 fully saturated rings. The van der Waals surface area contributed by atoms with Crippen molar-refractivity contribution < 1.29 is 9.53 Å². The fourth-order valence-electron chi connectivity index (χ4n) is 3.07. The van der Waals surface area contributed by atoms with E-state index >= 15 is 0 Å². The summed E-state index contributed by atoms with van der Waals surface area (Å²) in [5, 5.41) is 10.0. The van der Waals surface area contributed by atoms with Crippen molar-refractivity contribution in [2.45, 2.75) is 20.1 Å². The number of ether oxygens (including phenoxy) is 1. The minimum absolute atomic E-state index is 0.272. The average molecular weight is 413 g/mol. The third-order valence-electron chi connectivity index (χ3n) is 4.69.